The van der Waals surface area contributed by atoms with Gasteiger partial charge in [-0.1, -0.05) is 0 Å². The fourth-order valence-corrected chi connectivity index (χ4v) is 20.8. The maximum atomic E-state index is 16.6. The Kier molecular flexibility index (Phi) is 9.05. The van der Waals surface area contributed by atoms with Crippen molar-refractivity contribution in [3.63, 3.8) is 0 Å². The van der Waals surface area contributed by atoms with Gasteiger partial charge in [0.1, 0.15) is 0 Å². The molecule has 0 aliphatic heterocycles. The van der Waals surface area contributed by atoms with Gasteiger partial charge in [0.25, 0.3) is 0 Å². The number of benzene rings is 6. The number of carbonyl (C=O) groups is 1. The topological polar surface area (TPSA) is 17.1 Å². The summed E-state index contributed by atoms with van der Waals surface area (Å²) in [6.07, 6.45) is 0. The van der Waals surface area contributed by atoms with E-state index in [0.717, 1.165) is 31.8 Å². The van der Waals surface area contributed by atoms with Crippen molar-refractivity contribution in [2.75, 3.05) is 0 Å². The second-order valence-electron chi connectivity index (χ2n) is 10.2. The summed E-state index contributed by atoms with van der Waals surface area (Å²) in [5.41, 5.74) is 0. The third-order valence-corrected chi connectivity index (χ3v) is 21.8. The van der Waals surface area contributed by atoms with Gasteiger partial charge in [0.05, 0.1) is 0 Å². The summed E-state index contributed by atoms with van der Waals surface area (Å²) < 4.78 is 0. The van der Waals surface area contributed by atoms with Gasteiger partial charge in [-0.3, -0.25) is 0 Å². The van der Waals surface area contributed by atoms with Crippen LogP contribution in [0.3, 0.4) is 0 Å². The van der Waals surface area contributed by atoms with Gasteiger partial charge in [-0.05, 0) is 0 Å². The summed E-state index contributed by atoms with van der Waals surface area (Å²) in [4.78, 5) is 16.6. The Morgan fingerprint density at radius 2 is 0.619 bits per heavy atom. The average Bonchev–Trinajstić information content (AvgIpc) is 3.07. The standard InChI is InChI=1S/C37H31ClOP2.Ir/c38-41(34-25-13-4-14-26-34,35-27-15-5-16-28-35,36-29-17-6-18-30-36)37(39)40(31-19-7-1-8-20-31,32-21-9-2-10-22-32)33-23-11-3-12-24-33;/h1-30,40H;. The Morgan fingerprint density at radius 3 is 0.857 bits per heavy atom. The smallest absolute Gasteiger partial charge is 0 e. The number of carbonyl (C=O) groups excluding carboxylic acids is 1. The minimum Gasteiger partial charge on any atom is 0 e. The molecule has 0 bridgehead atoms. The van der Waals surface area contributed by atoms with E-state index in [0.29, 0.717) is 0 Å². The maximum absolute atomic E-state index is 16.6. The third-order valence-electron chi connectivity index (χ3n) is 8.05. The van der Waals surface area contributed by atoms with E-state index in [9.17, 15) is 0 Å². The van der Waals surface area contributed by atoms with Gasteiger partial charge in [-0.15, -0.1) is 0 Å². The molecule has 0 N–H and O–H groups in total. The zero-order valence-corrected chi connectivity index (χ0v) is 27.9. The number of rotatable bonds is 8. The largest absolute Gasteiger partial charge is 0 e. The molecule has 211 valence electrons. The van der Waals surface area contributed by atoms with E-state index in [1.807, 2.05) is 146 Å². The first-order valence-electron chi connectivity index (χ1n) is 13.7. The van der Waals surface area contributed by atoms with Gasteiger partial charge in [0, 0.05) is 20.1 Å². The summed E-state index contributed by atoms with van der Waals surface area (Å²) in [7, 11) is -3.50. The van der Waals surface area contributed by atoms with Crippen molar-refractivity contribution < 1.29 is 24.9 Å². The predicted molar refractivity (Wildman–Crippen MR) is 183 cm³/mol. The van der Waals surface area contributed by atoms with Crippen LogP contribution < -0.4 is 31.8 Å². The number of hydrogen-bond acceptors (Lipinski definition) is 1. The zero-order chi connectivity index (χ0) is 28.2. The zero-order valence-electron chi connectivity index (χ0n) is 22.9. The van der Waals surface area contributed by atoms with Crippen LogP contribution in [0.15, 0.2) is 182 Å². The molecule has 0 saturated carbocycles. The fraction of sp³-hybridized carbons (Fsp3) is 0. The fourth-order valence-electron chi connectivity index (χ4n) is 6.17. The second kappa shape index (κ2) is 12.6. The molecule has 0 aromatic heterocycles. The van der Waals surface area contributed by atoms with Gasteiger partial charge in [-0.2, -0.15) is 0 Å². The van der Waals surface area contributed by atoms with E-state index < -0.39 is 13.2 Å². The van der Waals surface area contributed by atoms with Crippen LogP contribution in [0.1, 0.15) is 0 Å². The summed E-state index contributed by atoms with van der Waals surface area (Å²) in [5.74, 6) is -4.36. The number of halogens is 1. The Labute approximate surface area is 267 Å². The van der Waals surface area contributed by atoms with Crippen LogP contribution in [0.4, 0.5) is 4.79 Å². The van der Waals surface area contributed by atoms with Gasteiger partial charge in [-0.25, -0.2) is 0 Å². The van der Waals surface area contributed by atoms with Crippen LogP contribution in [0.25, 0.3) is 0 Å². The van der Waals surface area contributed by atoms with Crippen LogP contribution in [0, 0.1) is 0 Å². The molecule has 6 aromatic rings. The van der Waals surface area contributed by atoms with Gasteiger partial charge < -0.3 is 0 Å². The van der Waals surface area contributed by atoms with Gasteiger partial charge in [0.15, 0.2) is 0 Å². The Bertz CT molecular complexity index is 1560. The molecule has 1 nitrogen and oxygen atoms in total. The summed E-state index contributed by atoms with van der Waals surface area (Å²) in [5, 5.41) is 5.68. The van der Waals surface area contributed by atoms with Crippen molar-refractivity contribution in [1.82, 2.24) is 0 Å². The molecule has 0 atom stereocenters. The van der Waals surface area contributed by atoms with Crippen molar-refractivity contribution >= 4 is 61.6 Å². The summed E-state index contributed by atoms with van der Waals surface area (Å²) in [6.45, 7) is 0. The quantitative estimate of drug-likeness (QED) is 0.146. The van der Waals surface area contributed by atoms with Crippen molar-refractivity contribution in [3.05, 3.63) is 182 Å². The molecule has 6 aromatic carbocycles. The summed E-state index contributed by atoms with van der Waals surface area (Å²) >= 11 is 8.57. The van der Waals surface area contributed by atoms with Gasteiger partial charge >= 0.3 is 248 Å². The van der Waals surface area contributed by atoms with E-state index in [1.54, 1.807) is 0 Å². The molecule has 0 aliphatic carbocycles. The van der Waals surface area contributed by atoms with Crippen LogP contribution >= 0.6 is 24.5 Å². The SMILES string of the molecule is O=C([PH](c1ccccc1)(c1ccccc1)c1ccccc1)P(Cl)(c1ccccc1)(c1ccccc1)c1ccccc1.[Ir]. The number of hydrogen-bond donors (Lipinski definition) is 0. The first-order valence-corrected chi connectivity index (χ1v) is 18.9. The molecule has 0 amide bonds. The van der Waals surface area contributed by atoms with Crippen LogP contribution in [-0.4, -0.2) is 5.27 Å². The Balaban J connectivity index is 0.00000353. The predicted octanol–water partition coefficient (Wildman–Crippen LogP) is 7.51. The van der Waals surface area contributed by atoms with Crippen molar-refractivity contribution in [3.8, 4) is 0 Å². The minimum atomic E-state index is -4.36. The molecule has 0 saturated heterocycles. The monoisotopic (exact) mass is 781 g/mol. The second-order valence-corrected chi connectivity index (χ2v) is 20.3. The van der Waals surface area contributed by atoms with E-state index >= 15 is 4.79 Å². The van der Waals surface area contributed by atoms with Crippen LogP contribution in [0.5, 0.6) is 0 Å². The first-order chi connectivity index (χ1) is 20.1. The molecular weight excluding hydrogens is 750 g/mol. The van der Waals surface area contributed by atoms with Crippen LogP contribution in [-0.2, 0) is 20.1 Å². The molecular formula is C37H31ClIrOP2. The normalized spacial score (nSPS) is 12.7. The van der Waals surface area contributed by atoms with E-state index in [2.05, 4.69) is 36.4 Å². The molecule has 0 unspecified atom stereocenters. The molecule has 6 rings (SSSR count). The maximum Gasteiger partial charge on any atom is 0 e. The summed E-state index contributed by atoms with van der Waals surface area (Å²) in [6, 6.07) is 61.1. The van der Waals surface area contributed by atoms with E-state index in [-0.39, 0.29) is 25.4 Å². The van der Waals surface area contributed by atoms with E-state index in [4.69, 9.17) is 11.2 Å². The van der Waals surface area contributed by atoms with Crippen molar-refractivity contribution in [1.29, 1.82) is 0 Å². The molecule has 0 spiro atoms. The third kappa shape index (κ3) is 4.64. The Hall–Kier alpha value is -3.21. The van der Waals surface area contributed by atoms with Crippen molar-refractivity contribution in [2.45, 2.75) is 0 Å². The molecule has 0 aliphatic rings. The van der Waals surface area contributed by atoms with E-state index in [1.165, 1.54) is 0 Å². The van der Waals surface area contributed by atoms with Gasteiger partial charge in [0.2, 0.25) is 0 Å². The Morgan fingerprint density at radius 1 is 0.405 bits per heavy atom. The van der Waals surface area contributed by atoms with Crippen LogP contribution in [0.2, 0.25) is 0 Å². The molecule has 1 radical (unpaired) electrons. The molecule has 5 heteroatoms. The molecule has 0 fully saturated rings. The average molecular weight is 781 g/mol. The van der Waals surface area contributed by atoms with Crippen molar-refractivity contribution in [2.24, 2.45) is 0 Å². The minimum absolute atomic E-state index is 0. The molecule has 0 heterocycles. The first kappa shape index (κ1) is 30.3. The molecule has 42 heavy (non-hydrogen) atoms.